The van der Waals surface area contributed by atoms with Crippen LogP contribution >= 0.6 is 0 Å². The van der Waals surface area contributed by atoms with Gasteiger partial charge in [0.15, 0.2) is 0 Å². The molecular formula is C13H16NO4Y-. The molecule has 0 aromatic carbocycles. The number of cyclic esters (lactones) is 1. The number of aliphatic hydroxyl groups is 1. The summed E-state index contributed by atoms with van der Waals surface area (Å²) in [5.74, 6) is -0.135. The molecule has 0 aliphatic carbocycles. The molecule has 0 spiro atoms. The zero-order chi connectivity index (χ0) is 13.6. The zero-order valence-corrected chi connectivity index (χ0v) is 14.3. The predicted molar refractivity (Wildman–Crippen MR) is 62.8 cm³/mol. The predicted octanol–water partition coefficient (Wildman–Crippen LogP) is 1.18. The Kier molecular flexibility index (Phi) is 4.76. The van der Waals surface area contributed by atoms with Crippen molar-refractivity contribution in [2.75, 3.05) is 7.11 Å². The second-order valence-corrected chi connectivity index (χ2v) is 5.06. The molecule has 19 heavy (non-hydrogen) atoms. The number of carbonyl (C=O) groups excluding carboxylic acids is 1. The number of nitrogens with zero attached hydrogens (tertiary/aromatic N) is 1. The Hall–Kier alpha value is -0.516. The molecule has 1 aromatic heterocycles. The number of hydrogen-bond donors (Lipinski definition) is 1. The van der Waals surface area contributed by atoms with E-state index in [1.165, 1.54) is 7.11 Å². The Morgan fingerprint density at radius 3 is 2.68 bits per heavy atom. The molecule has 6 heteroatoms. The molecule has 0 amide bonds. The van der Waals surface area contributed by atoms with Gasteiger partial charge >= 0.3 is 5.97 Å². The summed E-state index contributed by atoms with van der Waals surface area (Å²) >= 11 is 0. The Balaban J connectivity index is 0.00000180. The third kappa shape index (κ3) is 2.44. The minimum atomic E-state index is -1.37. The van der Waals surface area contributed by atoms with Gasteiger partial charge in [-0.2, -0.15) is 6.07 Å². The van der Waals surface area contributed by atoms with Gasteiger partial charge in [0.1, 0.15) is 5.88 Å². The van der Waals surface area contributed by atoms with Gasteiger partial charge in [0.05, 0.1) is 24.7 Å². The van der Waals surface area contributed by atoms with E-state index in [9.17, 15) is 9.90 Å². The average Bonchev–Trinajstić information content (AvgIpc) is 2.39. The summed E-state index contributed by atoms with van der Waals surface area (Å²) in [5, 5.41) is 10.7. The molecule has 1 radical (unpaired) electrons. The molecule has 1 atom stereocenters. The smallest absolute Gasteiger partial charge is 0.313 e. The van der Waals surface area contributed by atoms with E-state index in [0.29, 0.717) is 17.0 Å². The number of esters is 1. The van der Waals surface area contributed by atoms with E-state index < -0.39 is 17.0 Å². The fraction of sp³-hybridized carbons (Fsp3) is 0.538. The maximum Gasteiger partial charge on any atom is 0.313 e. The molecule has 0 saturated carbocycles. The van der Waals surface area contributed by atoms with Crippen LogP contribution in [0, 0.1) is 11.6 Å². The van der Waals surface area contributed by atoms with Crippen molar-refractivity contribution in [2.24, 2.45) is 5.41 Å². The molecule has 1 N–H and O–H groups in total. The maximum atomic E-state index is 12.0. The van der Waals surface area contributed by atoms with Crippen LogP contribution in [0.3, 0.4) is 0 Å². The number of ether oxygens (including phenoxy) is 2. The summed E-state index contributed by atoms with van der Waals surface area (Å²) in [7, 11) is 1.48. The van der Waals surface area contributed by atoms with E-state index in [2.05, 4.69) is 11.2 Å². The van der Waals surface area contributed by atoms with Gasteiger partial charge in [-0.1, -0.05) is 11.8 Å². The van der Waals surface area contributed by atoms with Crippen LogP contribution in [0.2, 0.25) is 0 Å². The van der Waals surface area contributed by atoms with Gasteiger partial charge < -0.3 is 19.6 Å². The topological polar surface area (TPSA) is 68.7 Å². The van der Waals surface area contributed by atoms with Crippen LogP contribution in [0.1, 0.15) is 31.9 Å². The van der Waals surface area contributed by atoms with Crippen LogP contribution in [0.25, 0.3) is 0 Å². The van der Waals surface area contributed by atoms with Crippen molar-refractivity contribution in [1.82, 2.24) is 4.98 Å². The van der Waals surface area contributed by atoms with E-state index in [-0.39, 0.29) is 39.3 Å². The first-order valence-electron chi connectivity index (χ1n) is 5.66. The Bertz CT molecular complexity index is 499. The molecular weight excluding hydrogens is 323 g/mol. The number of aromatic nitrogens is 1. The van der Waals surface area contributed by atoms with Crippen molar-refractivity contribution >= 4 is 5.97 Å². The minimum Gasteiger partial charge on any atom is -0.537 e. The van der Waals surface area contributed by atoms with Gasteiger partial charge in [0.2, 0.25) is 0 Å². The Morgan fingerprint density at radius 2 is 2.11 bits per heavy atom. The summed E-state index contributed by atoms with van der Waals surface area (Å²) in [4.78, 5) is 15.9. The summed E-state index contributed by atoms with van der Waals surface area (Å²) in [5.41, 5.74) is -1.29. The quantitative estimate of drug-likeness (QED) is 0.615. The summed E-state index contributed by atoms with van der Waals surface area (Å²) in [6, 6.07) is 1.57. The second kappa shape index (κ2) is 5.46. The first kappa shape index (κ1) is 16.5. The summed E-state index contributed by atoms with van der Waals surface area (Å²) in [6.07, 6.45) is 2.67. The normalized spacial score (nSPS) is 24.6. The molecule has 5 nitrogen and oxygen atoms in total. The van der Waals surface area contributed by atoms with Crippen LogP contribution in [0.15, 0.2) is 6.07 Å². The van der Waals surface area contributed by atoms with Crippen molar-refractivity contribution in [3.63, 3.8) is 0 Å². The van der Waals surface area contributed by atoms with Crippen LogP contribution < -0.4 is 4.74 Å². The number of fused-ring (bicyclic) bond motifs is 1. The molecule has 2 rings (SSSR count). The minimum absolute atomic E-state index is 0. The van der Waals surface area contributed by atoms with Gasteiger partial charge in [-0.25, -0.2) is 0 Å². The number of pyridine rings is 1. The van der Waals surface area contributed by atoms with Gasteiger partial charge in [-0.05, 0) is 20.8 Å². The number of rotatable bonds is 1. The number of hydrogen-bond acceptors (Lipinski definition) is 5. The summed E-state index contributed by atoms with van der Waals surface area (Å²) < 4.78 is 10.3. The standard InChI is InChI=1S/C13H16NO4.Y/c1-12(2)11(15)18-7-8-9(13(12,3)16)5-6-14-10(8)17-4;/h5,16H,7H2,1-4H3;/q-1;. The Morgan fingerprint density at radius 1 is 1.47 bits per heavy atom. The molecule has 2 heterocycles. The van der Waals surface area contributed by atoms with Crippen molar-refractivity contribution in [2.45, 2.75) is 33.0 Å². The van der Waals surface area contributed by atoms with Gasteiger partial charge in [-0.15, -0.1) is 5.56 Å². The first-order valence-corrected chi connectivity index (χ1v) is 5.66. The van der Waals surface area contributed by atoms with E-state index in [0.717, 1.165) is 0 Å². The number of carbonyl (C=O) groups is 1. The van der Waals surface area contributed by atoms with Crippen LogP contribution in [-0.2, 0) is 54.4 Å². The first-order chi connectivity index (χ1) is 8.32. The van der Waals surface area contributed by atoms with Gasteiger partial charge in [0.25, 0.3) is 0 Å². The van der Waals surface area contributed by atoms with Crippen LogP contribution in [0.4, 0.5) is 0 Å². The van der Waals surface area contributed by atoms with Crippen molar-refractivity contribution in [3.05, 3.63) is 23.4 Å². The largest absolute Gasteiger partial charge is 0.537 e. The molecule has 1 aliphatic rings. The van der Waals surface area contributed by atoms with E-state index in [1.54, 1.807) is 26.8 Å². The van der Waals surface area contributed by atoms with Crippen molar-refractivity contribution in [3.8, 4) is 5.88 Å². The fourth-order valence-corrected chi connectivity index (χ4v) is 2.02. The molecule has 1 aliphatic heterocycles. The summed E-state index contributed by atoms with van der Waals surface area (Å²) in [6.45, 7) is 4.93. The van der Waals surface area contributed by atoms with Gasteiger partial charge in [-0.3, -0.25) is 4.79 Å². The third-order valence-corrected chi connectivity index (χ3v) is 3.75. The van der Waals surface area contributed by atoms with E-state index >= 15 is 0 Å². The molecule has 0 fully saturated rings. The molecule has 1 aromatic rings. The SMILES string of the molecule is COc1n[c-]cc2c1COC(=O)C(C)(C)C2(C)O.[Y]. The Labute approximate surface area is 137 Å². The van der Waals surface area contributed by atoms with Crippen LogP contribution in [-0.4, -0.2) is 23.2 Å². The maximum absolute atomic E-state index is 12.0. The fourth-order valence-electron chi connectivity index (χ4n) is 2.02. The van der Waals surface area contributed by atoms with Gasteiger partial charge in [0, 0.05) is 32.7 Å². The monoisotopic (exact) mass is 339 g/mol. The molecule has 1 unspecified atom stereocenters. The average molecular weight is 339 g/mol. The van der Waals surface area contributed by atoms with Crippen molar-refractivity contribution < 1.29 is 52.1 Å². The van der Waals surface area contributed by atoms with E-state index in [4.69, 9.17) is 9.47 Å². The molecule has 0 bridgehead atoms. The number of methoxy groups -OCH3 is 1. The van der Waals surface area contributed by atoms with Crippen molar-refractivity contribution in [1.29, 1.82) is 0 Å². The zero-order valence-electron chi connectivity index (χ0n) is 11.5. The second-order valence-electron chi connectivity index (χ2n) is 5.06. The molecule has 0 saturated heterocycles. The van der Waals surface area contributed by atoms with Crippen LogP contribution in [0.5, 0.6) is 5.88 Å². The molecule has 101 valence electrons. The van der Waals surface area contributed by atoms with E-state index in [1.807, 2.05) is 0 Å². The third-order valence-electron chi connectivity index (χ3n) is 3.75.